The van der Waals surface area contributed by atoms with E-state index < -0.39 is 18.9 Å². The molecular formula is C25H29F3N5O2P. The summed E-state index contributed by atoms with van der Waals surface area (Å²) in [5.74, 6) is 0.163. The SMILES string of the molecule is CP(C)(=O)c1c2ccc3c(c[nH]c13)-c1nc(ncc1C(F)(F)F)N[C@H]1CC[C@@H](C1)NCCOC/C=C/2. The van der Waals surface area contributed by atoms with Gasteiger partial charge >= 0.3 is 6.18 Å². The van der Waals surface area contributed by atoms with Gasteiger partial charge in [-0.25, -0.2) is 9.97 Å². The first-order valence-electron chi connectivity index (χ1n) is 12.0. The normalized spacial score (nSPS) is 22.2. The Balaban J connectivity index is 1.69. The summed E-state index contributed by atoms with van der Waals surface area (Å²) in [4.78, 5) is 11.5. The summed E-state index contributed by atoms with van der Waals surface area (Å²) in [5.41, 5.74) is 0.456. The molecule has 2 aliphatic heterocycles. The van der Waals surface area contributed by atoms with Gasteiger partial charge in [0.25, 0.3) is 0 Å². The van der Waals surface area contributed by atoms with Gasteiger partial charge in [0.15, 0.2) is 0 Å². The van der Waals surface area contributed by atoms with Crippen molar-refractivity contribution in [3.8, 4) is 11.3 Å². The maximum Gasteiger partial charge on any atom is 0.419 e. The van der Waals surface area contributed by atoms with Crippen LogP contribution in [0.4, 0.5) is 19.1 Å². The minimum absolute atomic E-state index is 0.0567. The number of hydrogen-bond donors (Lipinski definition) is 3. The molecule has 0 radical (unpaired) electrons. The van der Waals surface area contributed by atoms with E-state index in [4.69, 9.17) is 4.74 Å². The summed E-state index contributed by atoms with van der Waals surface area (Å²) in [6.07, 6.45) is 4.07. The molecule has 6 rings (SSSR count). The van der Waals surface area contributed by atoms with E-state index in [0.717, 1.165) is 31.0 Å². The molecule has 2 atom stereocenters. The monoisotopic (exact) mass is 519 g/mol. The van der Waals surface area contributed by atoms with Gasteiger partial charge in [0.05, 0.1) is 24.4 Å². The van der Waals surface area contributed by atoms with Gasteiger partial charge in [0, 0.05) is 47.3 Å². The van der Waals surface area contributed by atoms with E-state index in [2.05, 4.69) is 25.6 Å². The first kappa shape index (κ1) is 25.0. The Bertz CT molecular complexity index is 1350. The van der Waals surface area contributed by atoms with Crippen molar-refractivity contribution < 1.29 is 22.5 Å². The first-order valence-corrected chi connectivity index (χ1v) is 14.6. The van der Waals surface area contributed by atoms with Crippen LogP contribution in [0.1, 0.15) is 30.4 Å². The van der Waals surface area contributed by atoms with Crippen molar-refractivity contribution in [1.29, 1.82) is 0 Å². The van der Waals surface area contributed by atoms with Gasteiger partial charge in [-0.3, -0.25) is 0 Å². The predicted octanol–water partition coefficient (Wildman–Crippen LogP) is 4.86. The molecule has 1 aromatic carbocycles. The number of fused-ring (bicyclic) bond motifs is 6. The van der Waals surface area contributed by atoms with Crippen LogP contribution in [0.5, 0.6) is 0 Å². The van der Waals surface area contributed by atoms with Crippen LogP contribution in [0.3, 0.4) is 0 Å². The third-order valence-electron chi connectivity index (χ3n) is 6.70. The second-order valence-electron chi connectivity index (χ2n) is 9.72. The molecule has 1 saturated carbocycles. The molecule has 11 heteroatoms. The Morgan fingerprint density at radius 3 is 2.75 bits per heavy atom. The fourth-order valence-corrected chi connectivity index (χ4v) is 6.61. The molecule has 0 saturated heterocycles. The summed E-state index contributed by atoms with van der Waals surface area (Å²) in [5, 5.41) is 7.82. The van der Waals surface area contributed by atoms with Gasteiger partial charge in [-0.1, -0.05) is 24.3 Å². The Hall–Kier alpha value is -2.68. The molecule has 3 N–H and O–H groups in total. The van der Waals surface area contributed by atoms with Crippen LogP contribution in [0.25, 0.3) is 28.2 Å². The van der Waals surface area contributed by atoms with Crippen molar-refractivity contribution in [1.82, 2.24) is 20.3 Å². The molecule has 2 aromatic heterocycles. The molecule has 4 heterocycles. The van der Waals surface area contributed by atoms with E-state index in [0.29, 0.717) is 47.6 Å². The standard InChI is InChI=1S/C25H29F3N5O2P/c1-36(2,34)23-15-4-3-10-35-11-9-29-16-6-7-17(12-16)32-24-31-14-20(25(26,27)28)21(33-24)19-13-30-22(23)18(19)8-5-15/h3-5,8,13-14,16-17,29-30H,6-7,9-12H2,1-2H3,(H,31,32,33)/b4-3+/t16-,17-/m0/s1. The number of nitrogens with one attached hydrogen (secondary N) is 3. The number of ether oxygens (including phenoxy) is 1. The predicted molar refractivity (Wildman–Crippen MR) is 136 cm³/mol. The lowest BCUT2D eigenvalue weighted by atomic mass is 10.0. The molecule has 0 spiro atoms. The summed E-state index contributed by atoms with van der Waals surface area (Å²) >= 11 is 0. The molecule has 1 aliphatic carbocycles. The van der Waals surface area contributed by atoms with Crippen LogP contribution >= 0.6 is 7.14 Å². The number of alkyl halides is 3. The highest BCUT2D eigenvalue weighted by molar-refractivity contribution is 7.70. The minimum Gasteiger partial charge on any atom is -0.376 e. The summed E-state index contributed by atoms with van der Waals surface area (Å²) in [6.45, 7) is 4.96. The highest BCUT2D eigenvalue weighted by atomic mass is 31.2. The quantitative estimate of drug-likeness (QED) is 0.398. The van der Waals surface area contributed by atoms with Crippen molar-refractivity contribution >= 4 is 35.4 Å². The van der Waals surface area contributed by atoms with Crippen LogP contribution in [-0.2, 0) is 15.5 Å². The van der Waals surface area contributed by atoms with Crippen molar-refractivity contribution in [3.63, 3.8) is 0 Å². The van der Waals surface area contributed by atoms with Crippen LogP contribution in [-0.4, -0.2) is 60.1 Å². The van der Waals surface area contributed by atoms with E-state index in [-0.39, 0.29) is 17.7 Å². The highest BCUT2D eigenvalue weighted by Gasteiger charge is 2.37. The number of halogens is 3. The Morgan fingerprint density at radius 1 is 1.17 bits per heavy atom. The van der Waals surface area contributed by atoms with Gasteiger partial charge in [0.1, 0.15) is 12.7 Å². The average Bonchev–Trinajstić information content (AvgIpc) is 3.42. The molecule has 0 amide bonds. The number of H-pyrrole nitrogens is 1. The fraction of sp³-hybridized carbons (Fsp3) is 0.440. The smallest absolute Gasteiger partial charge is 0.376 e. The van der Waals surface area contributed by atoms with Gasteiger partial charge in [-0.15, -0.1) is 0 Å². The Labute approximate surface area is 207 Å². The van der Waals surface area contributed by atoms with Crippen molar-refractivity contribution in [2.24, 2.45) is 0 Å². The molecule has 3 aliphatic rings. The van der Waals surface area contributed by atoms with Crippen molar-refractivity contribution in [2.75, 3.05) is 38.4 Å². The fourth-order valence-electron chi connectivity index (χ4n) is 5.12. The lowest BCUT2D eigenvalue weighted by molar-refractivity contribution is -0.137. The lowest BCUT2D eigenvalue weighted by Gasteiger charge is -2.17. The second-order valence-corrected chi connectivity index (χ2v) is 12.9. The lowest BCUT2D eigenvalue weighted by Crippen LogP contribution is -2.31. The number of aromatic nitrogens is 3. The number of nitrogens with zero attached hydrogens (tertiary/aromatic N) is 2. The molecular weight excluding hydrogens is 490 g/mol. The topological polar surface area (TPSA) is 91.9 Å². The van der Waals surface area contributed by atoms with Gasteiger partial charge < -0.3 is 24.9 Å². The van der Waals surface area contributed by atoms with Gasteiger partial charge in [-0.2, -0.15) is 13.2 Å². The first-order chi connectivity index (χ1) is 17.1. The Morgan fingerprint density at radius 2 is 1.97 bits per heavy atom. The second kappa shape index (κ2) is 9.65. The van der Waals surface area contributed by atoms with Gasteiger partial charge in [0.2, 0.25) is 5.95 Å². The average molecular weight is 520 g/mol. The maximum absolute atomic E-state index is 14.0. The molecule has 3 aromatic rings. The number of rotatable bonds is 1. The molecule has 36 heavy (non-hydrogen) atoms. The molecule has 7 nitrogen and oxygen atoms in total. The highest BCUT2D eigenvalue weighted by Crippen LogP contribution is 2.43. The summed E-state index contributed by atoms with van der Waals surface area (Å²) < 4.78 is 61.1. The third kappa shape index (κ3) is 5.08. The number of benzene rings is 1. The van der Waals surface area contributed by atoms with Crippen LogP contribution in [0.2, 0.25) is 0 Å². The zero-order valence-corrected chi connectivity index (χ0v) is 21.0. The van der Waals surface area contributed by atoms with E-state index in [9.17, 15) is 17.7 Å². The molecule has 8 bridgehead atoms. The van der Waals surface area contributed by atoms with E-state index >= 15 is 0 Å². The van der Waals surface area contributed by atoms with Crippen molar-refractivity contribution in [2.45, 2.75) is 37.5 Å². The molecule has 0 unspecified atom stereocenters. The van der Waals surface area contributed by atoms with Crippen LogP contribution in [0.15, 0.2) is 30.6 Å². The zero-order valence-electron chi connectivity index (χ0n) is 20.2. The number of hydrogen-bond acceptors (Lipinski definition) is 6. The van der Waals surface area contributed by atoms with E-state index in [1.54, 1.807) is 25.5 Å². The zero-order chi connectivity index (χ0) is 25.5. The summed E-state index contributed by atoms with van der Waals surface area (Å²) in [6, 6.07) is 3.88. The van der Waals surface area contributed by atoms with Crippen molar-refractivity contribution in [3.05, 3.63) is 41.7 Å². The van der Waals surface area contributed by atoms with Crippen LogP contribution in [0, 0.1) is 0 Å². The Kier molecular flexibility index (Phi) is 6.70. The third-order valence-corrected chi connectivity index (χ3v) is 8.26. The van der Waals surface area contributed by atoms with E-state index in [1.165, 1.54) is 6.20 Å². The minimum atomic E-state index is -4.63. The van der Waals surface area contributed by atoms with E-state index in [1.807, 2.05) is 12.2 Å². The molecule has 1 fully saturated rings. The van der Waals surface area contributed by atoms with Crippen LogP contribution < -0.4 is 15.9 Å². The van der Waals surface area contributed by atoms with Gasteiger partial charge in [-0.05, 0) is 38.2 Å². The number of aromatic amines is 1. The summed E-state index contributed by atoms with van der Waals surface area (Å²) in [7, 11) is -2.81. The largest absolute Gasteiger partial charge is 0.419 e. The number of anilines is 1. The maximum atomic E-state index is 14.0. The molecule has 192 valence electrons.